The summed E-state index contributed by atoms with van der Waals surface area (Å²) in [5, 5.41) is 15.1. The van der Waals surface area contributed by atoms with Gasteiger partial charge in [-0.05, 0) is 75.4 Å². The molecule has 160 valence electrons. The molecule has 2 amide bonds. The molecule has 2 aliphatic heterocycles. The summed E-state index contributed by atoms with van der Waals surface area (Å²) in [5.74, 6) is -0.553. The van der Waals surface area contributed by atoms with E-state index >= 15 is 0 Å². The minimum Gasteiger partial charge on any atom is -0.478 e. The Balaban J connectivity index is 0.00000300. The lowest BCUT2D eigenvalue weighted by Gasteiger charge is -2.32. The highest BCUT2D eigenvalue weighted by Gasteiger charge is 2.28. The third kappa shape index (κ3) is 6.72. The number of likely N-dealkylation sites (tertiary alicyclic amines) is 1. The molecule has 3 N–H and O–H groups in total. The van der Waals surface area contributed by atoms with Crippen molar-refractivity contribution in [3.05, 3.63) is 29.8 Å². The minimum absolute atomic E-state index is 0. The Labute approximate surface area is 177 Å². The van der Waals surface area contributed by atoms with E-state index < -0.39 is 5.97 Å². The molecule has 7 nitrogen and oxygen atoms in total. The van der Waals surface area contributed by atoms with E-state index in [-0.39, 0.29) is 35.7 Å². The number of halogens is 1. The number of carboxylic acids is 1. The van der Waals surface area contributed by atoms with Gasteiger partial charge in [0.2, 0.25) is 11.8 Å². The van der Waals surface area contributed by atoms with Crippen LogP contribution in [0.4, 0.5) is 5.69 Å². The number of hydrogen-bond acceptors (Lipinski definition) is 4. The highest BCUT2D eigenvalue weighted by molar-refractivity contribution is 5.94. The number of benzene rings is 1. The van der Waals surface area contributed by atoms with Gasteiger partial charge >= 0.3 is 5.97 Å². The molecule has 8 heteroatoms. The molecule has 1 atom stereocenters. The summed E-state index contributed by atoms with van der Waals surface area (Å²) < 4.78 is 0. The lowest BCUT2D eigenvalue weighted by atomic mass is 9.92. The van der Waals surface area contributed by atoms with Crippen LogP contribution in [0.3, 0.4) is 0 Å². The maximum atomic E-state index is 12.6. The molecule has 0 bridgehead atoms. The second-order valence-electron chi connectivity index (χ2n) is 7.78. The zero-order valence-electron chi connectivity index (χ0n) is 16.6. The quantitative estimate of drug-likeness (QED) is 0.653. The molecular formula is C21H30ClN3O4. The predicted octanol–water partition coefficient (Wildman–Crippen LogP) is 2.76. The minimum atomic E-state index is -0.996. The van der Waals surface area contributed by atoms with Crippen molar-refractivity contribution in [3.8, 4) is 0 Å². The van der Waals surface area contributed by atoms with Crippen molar-refractivity contribution >= 4 is 35.9 Å². The zero-order chi connectivity index (χ0) is 19.9. The van der Waals surface area contributed by atoms with Gasteiger partial charge < -0.3 is 20.6 Å². The van der Waals surface area contributed by atoms with E-state index in [2.05, 4.69) is 10.6 Å². The molecule has 0 radical (unpaired) electrons. The first kappa shape index (κ1) is 23.2. The van der Waals surface area contributed by atoms with Gasteiger partial charge in [-0.1, -0.05) is 0 Å². The number of anilines is 1. The summed E-state index contributed by atoms with van der Waals surface area (Å²) in [4.78, 5) is 37.9. The van der Waals surface area contributed by atoms with E-state index in [1.807, 2.05) is 4.90 Å². The van der Waals surface area contributed by atoms with E-state index in [1.165, 1.54) is 12.1 Å². The molecule has 0 spiro atoms. The summed E-state index contributed by atoms with van der Waals surface area (Å²) in [7, 11) is 0. The Hall–Kier alpha value is -2.12. The first-order valence-electron chi connectivity index (χ1n) is 10.2. The Bertz CT molecular complexity index is 704. The van der Waals surface area contributed by atoms with Gasteiger partial charge in [-0.25, -0.2) is 4.79 Å². The van der Waals surface area contributed by atoms with Crippen molar-refractivity contribution in [2.75, 3.05) is 31.5 Å². The Morgan fingerprint density at radius 3 is 2.45 bits per heavy atom. The van der Waals surface area contributed by atoms with Crippen molar-refractivity contribution in [3.63, 3.8) is 0 Å². The molecule has 2 heterocycles. The molecule has 1 aromatic rings. The van der Waals surface area contributed by atoms with Gasteiger partial charge in [-0.3, -0.25) is 9.59 Å². The number of nitrogens with one attached hydrogen (secondary N) is 2. The average Bonchev–Trinajstić information content (AvgIpc) is 2.73. The third-order valence-electron chi connectivity index (χ3n) is 5.77. The highest BCUT2D eigenvalue weighted by Crippen LogP contribution is 2.22. The molecule has 1 unspecified atom stereocenters. The molecule has 2 aliphatic rings. The smallest absolute Gasteiger partial charge is 0.335 e. The van der Waals surface area contributed by atoms with E-state index in [0.717, 1.165) is 51.7 Å². The van der Waals surface area contributed by atoms with Gasteiger partial charge in [0.25, 0.3) is 0 Å². The molecule has 0 saturated carbocycles. The molecule has 29 heavy (non-hydrogen) atoms. The first-order valence-corrected chi connectivity index (χ1v) is 10.2. The molecule has 0 aromatic heterocycles. The standard InChI is InChI=1S/C21H29N3O4.ClH/c25-19(8-3-15-9-11-22-12-10-15)24-13-1-2-17(14-24)20(26)23-18-6-4-16(5-7-18)21(27)28;/h4-7,15,17,22H,1-3,8-14H2,(H,23,26)(H,27,28);1H. The van der Waals surface area contributed by atoms with Crippen LogP contribution in [0.25, 0.3) is 0 Å². The van der Waals surface area contributed by atoms with Crippen LogP contribution >= 0.6 is 12.4 Å². The molecule has 2 saturated heterocycles. The number of piperidine rings is 2. The predicted molar refractivity (Wildman–Crippen MR) is 113 cm³/mol. The number of carboxylic acid groups (broad SMARTS) is 1. The summed E-state index contributed by atoms with van der Waals surface area (Å²) in [6.07, 6.45) is 5.36. The van der Waals surface area contributed by atoms with Gasteiger partial charge in [-0.15, -0.1) is 12.4 Å². The van der Waals surface area contributed by atoms with Crippen LogP contribution in [0.2, 0.25) is 0 Å². The molecule has 1 aromatic carbocycles. The number of amides is 2. The van der Waals surface area contributed by atoms with E-state index in [9.17, 15) is 14.4 Å². The fourth-order valence-electron chi connectivity index (χ4n) is 4.01. The van der Waals surface area contributed by atoms with E-state index in [1.54, 1.807) is 12.1 Å². The van der Waals surface area contributed by atoms with Gasteiger partial charge in [0.05, 0.1) is 11.5 Å². The fraction of sp³-hybridized carbons (Fsp3) is 0.571. The van der Waals surface area contributed by atoms with Gasteiger partial charge in [0.15, 0.2) is 0 Å². The van der Waals surface area contributed by atoms with Crippen LogP contribution in [-0.2, 0) is 9.59 Å². The number of carbonyl (C=O) groups is 3. The van der Waals surface area contributed by atoms with Crippen molar-refractivity contribution < 1.29 is 19.5 Å². The zero-order valence-corrected chi connectivity index (χ0v) is 17.4. The lowest BCUT2D eigenvalue weighted by molar-refractivity contribution is -0.134. The Kier molecular flexibility index (Phi) is 8.92. The summed E-state index contributed by atoms with van der Waals surface area (Å²) in [6, 6.07) is 6.11. The maximum absolute atomic E-state index is 12.6. The summed E-state index contributed by atoms with van der Waals surface area (Å²) in [5.41, 5.74) is 0.755. The van der Waals surface area contributed by atoms with Crippen molar-refractivity contribution in [2.24, 2.45) is 11.8 Å². The topological polar surface area (TPSA) is 98.7 Å². The Morgan fingerprint density at radius 1 is 1.10 bits per heavy atom. The lowest BCUT2D eigenvalue weighted by Crippen LogP contribution is -2.44. The number of carbonyl (C=O) groups excluding carboxylic acids is 2. The maximum Gasteiger partial charge on any atom is 0.335 e. The number of hydrogen-bond donors (Lipinski definition) is 3. The second-order valence-corrected chi connectivity index (χ2v) is 7.78. The van der Waals surface area contributed by atoms with E-state index in [4.69, 9.17) is 5.11 Å². The van der Waals surface area contributed by atoms with Crippen LogP contribution in [0.1, 0.15) is 48.9 Å². The SMILES string of the molecule is Cl.O=C(O)c1ccc(NC(=O)C2CCCN(C(=O)CCC3CCNCC3)C2)cc1. The summed E-state index contributed by atoms with van der Waals surface area (Å²) >= 11 is 0. The van der Waals surface area contributed by atoms with Crippen molar-refractivity contribution in [1.29, 1.82) is 0 Å². The van der Waals surface area contributed by atoms with Crippen LogP contribution < -0.4 is 10.6 Å². The summed E-state index contributed by atoms with van der Waals surface area (Å²) in [6.45, 7) is 3.27. The Morgan fingerprint density at radius 2 is 1.79 bits per heavy atom. The fourth-order valence-corrected chi connectivity index (χ4v) is 4.01. The van der Waals surface area contributed by atoms with Crippen LogP contribution in [0, 0.1) is 11.8 Å². The van der Waals surface area contributed by atoms with Crippen LogP contribution in [0.15, 0.2) is 24.3 Å². The first-order chi connectivity index (χ1) is 13.5. The average molecular weight is 424 g/mol. The van der Waals surface area contributed by atoms with Gasteiger partial charge in [0.1, 0.15) is 0 Å². The van der Waals surface area contributed by atoms with E-state index in [0.29, 0.717) is 24.6 Å². The molecule has 0 aliphatic carbocycles. The number of nitrogens with zero attached hydrogens (tertiary/aromatic N) is 1. The van der Waals surface area contributed by atoms with Crippen LogP contribution in [0.5, 0.6) is 0 Å². The number of rotatable bonds is 6. The normalized spacial score (nSPS) is 19.9. The molecule has 2 fully saturated rings. The third-order valence-corrected chi connectivity index (χ3v) is 5.77. The molecule has 3 rings (SSSR count). The van der Waals surface area contributed by atoms with Gasteiger partial charge in [0, 0.05) is 25.2 Å². The van der Waals surface area contributed by atoms with Crippen molar-refractivity contribution in [2.45, 2.75) is 38.5 Å². The monoisotopic (exact) mass is 423 g/mol. The molecular weight excluding hydrogens is 394 g/mol. The van der Waals surface area contributed by atoms with Gasteiger partial charge in [-0.2, -0.15) is 0 Å². The van der Waals surface area contributed by atoms with Crippen molar-refractivity contribution in [1.82, 2.24) is 10.2 Å². The highest BCUT2D eigenvalue weighted by atomic mass is 35.5. The largest absolute Gasteiger partial charge is 0.478 e. The second kappa shape index (κ2) is 11.2. The van der Waals surface area contributed by atoms with Crippen LogP contribution in [-0.4, -0.2) is 54.0 Å². The number of aromatic carboxylic acids is 1.